The predicted octanol–water partition coefficient (Wildman–Crippen LogP) is 3.75. The van der Waals surface area contributed by atoms with Crippen LogP contribution in [0.25, 0.3) is 0 Å². The van der Waals surface area contributed by atoms with Crippen LogP contribution in [0.1, 0.15) is 58.4 Å². The number of aromatic nitrogens is 1. The van der Waals surface area contributed by atoms with Crippen molar-refractivity contribution in [2.75, 3.05) is 13.2 Å². The van der Waals surface area contributed by atoms with Gasteiger partial charge in [-0.1, -0.05) is 12.1 Å². The Morgan fingerprint density at radius 3 is 2.37 bits per heavy atom. The molecule has 0 bridgehead atoms. The standard InChI is InChI=1S/C22H28FN3O4/c1-6-24-22(29)26(12-16-8-10-17(23)11-9-16)15(5)20(27)18-13(3)19(25-14(18)4)21(28)30-7-2/h8-11,15,25H,6-7,12H2,1-5H3,(H,24,29). The van der Waals surface area contributed by atoms with Gasteiger partial charge in [-0.15, -0.1) is 0 Å². The highest BCUT2D eigenvalue weighted by Gasteiger charge is 2.31. The normalized spacial score (nSPS) is 11.7. The highest BCUT2D eigenvalue weighted by Crippen LogP contribution is 2.23. The molecule has 0 radical (unpaired) electrons. The van der Waals surface area contributed by atoms with Crippen LogP contribution in [0.5, 0.6) is 0 Å². The summed E-state index contributed by atoms with van der Waals surface area (Å²) in [6, 6.07) is 4.55. The number of carbonyl (C=O) groups is 3. The number of halogens is 1. The number of aromatic amines is 1. The number of urea groups is 1. The molecule has 0 saturated heterocycles. The summed E-state index contributed by atoms with van der Waals surface area (Å²) in [7, 11) is 0. The van der Waals surface area contributed by atoms with Crippen molar-refractivity contribution in [2.24, 2.45) is 0 Å². The molecular formula is C22H28FN3O4. The molecule has 1 aromatic heterocycles. The highest BCUT2D eigenvalue weighted by molar-refractivity contribution is 6.06. The van der Waals surface area contributed by atoms with E-state index in [2.05, 4.69) is 10.3 Å². The zero-order valence-electron chi connectivity index (χ0n) is 18.0. The van der Waals surface area contributed by atoms with E-state index in [4.69, 9.17) is 4.74 Å². The summed E-state index contributed by atoms with van der Waals surface area (Å²) < 4.78 is 18.3. The van der Waals surface area contributed by atoms with Gasteiger partial charge >= 0.3 is 12.0 Å². The first kappa shape index (κ1) is 23.1. The number of nitrogens with zero attached hydrogens (tertiary/aromatic N) is 1. The second-order valence-corrected chi connectivity index (χ2v) is 6.98. The second kappa shape index (κ2) is 10.0. The van der Waals surface area contributed by atoms with Gasteiger partial charge in [0.2, 0.25) is 0 Å². The van der Waals surface area contributed by atoms with Crippen LogP contribution in [0.2, 0.25) is 0 Å². The molecule has 0 aliphatic rings. The fourth-order valence-electron chi connectivity index (χ4n) is 3.30. The minimum absolute atomic E-state index is 0.131. The Labute approximate surface area is 175 Å². The highest BCUT2D eigenvalue weighted by atomic mass is 19.1. The van der Waals surface area contributed by atoms with Gasteiger partial charge in [0.25, 0.3) is 0 Å². The molecule has 8 heteroatoms. The molecule has 2 aromatic rings. The molecule has 0 fully saturated rings. The van der Waals surface area contributed by atoms with Crippen molar-refractivity contribution in [2.45, 2.75) is 47.2 Å². The number of nitrogens with one attached hydrogen (secondary N) is 2. The van der Waals surface area contributed by atoms with Gasteiger partial charge in [0, 0.05) is 24.3 Å². The Morgan fingerprint density at radius 1 is 1.17 bits per heavy atom. The van der Waals surface area contributed by atoms with Crippen molar-refractivity contribution in [3.8, 4) is 0 Å². The molecule has 162 valence electrons. The minimum Gasteiger partial charge on any atom is -0.461 e. The van der Waals surface area contributed by atoms with Crippen LogP contribution < -0.4 is 5.32 Å². The lowest BCUT2D eigenvalue weighted by atomic mass is 9.99. The lowest BCUT2D eigenvalue weighted by Gasteiger charge is -2.29. The molecule has 0 aliphatic heterocycles. The van der Waals surface area contributed by atoms with Crippen LogP contribution >= 0.6 is 0 Å². The quantitative estimate of drug-likeness (QED) is 0.505. The van der Waals surface area contributed by atoms with Gasteiger partial charge in [-0.3, -0.25) is 4.79 Å². The molecule has 2 N–H and O–H groups in total. The van der Waals surface area contributed by atoms with Crippen LogP contribution in [-0.4, -0.2) is 46.9 Å². The van der Waals surface area contributed by atoms with Crippen molar-refractivity contribution < 1.29 is 23.5 Å². The maximum atomic E-state index is 13.3. The van der Waals surface area contributed by atoms with E-state index in [1.807, 2.05) is 0 Å². The largest absolute Gasteiger partial charge is 0.461 e. The van der Waals surface area contributed by atoms with Gasteiger partial charge in [0.15, 0.2) is 5.78 Å². The summed E-state index contributed by atoms with van der Waals surface area (Å²) in [6.07, 6.45) is 0. The molecule has 0 saturated carbocycles. The lowest BCUT2D eigenvalue weighted by molar-refractivity contribution is 0.0519. The number of benzene rings is 1. The summed E-state index contributed by atoms with van der Waals surface area (Å²) in [5.74, 6) is -1.21. The van der Waals surface area contributed by atoms with Gasteiger partial charge in [-0.05, 0) is 57.9 Å². The zero-order chi connectivity index (χ0) is 22.4. The number of aryl methyl sites for hydroxylation is 1. The summed E-state index contributed by atoms with van der Waals surface area (Å²) in [6.45, 7) is 9.25. The number of rotatable bonds is 8. The topological polar surface area (TPSA) is 91.5 Å². The van der Waals surface area contributed by atoms with Crippen LogP contribution in [0.3, 0.4) is 0 Å². The predicted molar refractivity (Wildman–Crippen MR) is 111 cm³/mol. The Morgan fingerprint density at radius 2 is 1.80 bits per heavy atom. The lowest BCUT2D eigenvalue weighted by Crippen LogP contribution is -2.47. The van der Waals surface area contributed by atoms with Crippen molar-refractivity contribution in [3.63, 3.8) is 0 Å². The molecule has 30 heavy (non-hydrogen) atoms. The fraction of sp³-hybridized carbons (Fsp3) is 0.409. The molecule has 2 rings (SSSR count). The molecule has 0 spiro atoms. The fourth-order valence-corrected chi connectivity index (χ4v) is 3.30. The van der Waals surface area contributed by atoms with Crippen LogP contribution in [0.15, 0.2) is 24.3 Å². The second-order valence-electron chi connectivity index (χ2n) is 6.98. The molecule has 2 amide bonds. The maximum Gasteiger partial charge on any atom is 0.355 e. The molecule has 7 nitrogen and oxygen atoms in total. The Balaban J connectivity index is 2.36. The van der Waals surface area contributed by atoms with E-state index in [1.54, 1.807) is 46.8 Å². The first-order valence-electron chi connectivity index (χ1n) is 9.90. The number of hydrogen-bond donors (Lipinski definition) is 2. The number of amides is 2. The zero-order valence-corrected chi connectivity index (χ0v) is 18.0. The van der Waals surface area contributed by atoms with Crippen molar-refractivity contribution in [1.82, 2.24) is 15.2 Å². The van der Waals surface area contributed by atoms with Gasteiger partial charge in [-0.25, -0.2) is 14.0 Å². The van der Waals surface area contributed by atoms with Crippen LogP contribution in [0.4, 0.5) is 9.18 Å². The molecule has 1 heterocycles. The van der Waals surface area contributed by atoms with E-state index in [0.29, 0.717) is 28.9 Å². The van der Waals surface area contributed by atoms with E-state index in [0.717, 1.165) is 0 Å². The maximum absolute atomic E-state index is 13.3. The molecule has 1 unspecified atom stereocenters. The minimum atomic E-state index is -0.815. The van der Waals surface area contributed by atoms with Crippen LogP contribution in [-0.2, 0) is 11.3 Å². The number of ether oxygens (including phenoxy) is 1. The van der Waals surface area contributed by atoms with Crippen LogP contribution in [0, 0.1) is 19.7 Å². The van der Waals surface area contributed by atoms with E-state index >= 15 is 0 Å². The molecule has 1 aromatic carbocycles. The van der Waals surface area contributed by atoms with Crippen molar-refractivity contribution >= 4 is 17.8 Å². The number of carbonyl (C=O) groups excluding carboxylic acids is 3. The molecule has 1 atom stereocenters. The number of esters is 1. The Hall–Kier alpha value is -3.16. The first-order valence-corrected chi connectivity index (χ1v) is 9.90. The molecule has 0 aliphatic carbocycles. The number of ketones is 1. The van der Waals surface area contributed by atoms with E-state index in [1.165, 1.54) is 17.0 Å². The Bertz CT molecular complexity index is 921. The Kier molecular flexibility index (Phi) is 7.74. The van der Waals surface area contributed by atoms with Crippen molar-refractivity contribution in [3.05, 3.63) is 58.2 Å². The number of Topliss-reactive ketones (excluding diaryl/α,β-unsaturated/α-hetero) is 1. The number of H-pyrrole nitrogens is 1. The van der Waals surface area contributed by atoms with Gasteiger partial charge in [0.05, 0.1) is 12.6 Å². The molecular weight excluding hydrogens is 389 g/mol. The number of hydrogen-bond acceptors (Lipinski definition) is 4. The third-order valence-electron chi connectivity index (χ3n) is 4.87. The smallest absolute Gasteiger partial charge is 0.355 e. The van der Waals surface area contributed by atoms with Gasteiger partial charge in [-0.2, -0.15) is 0 Å². The van der Waals surface area contributed by atoms with Gasteiger partial charge < -0.3 is 19.9 Å². The van der Waals surface area contributed by atoms with E-state index < -0.39 is 18.0 Å². The third kappa shape index (κ3) is 5.06. The van der Waals surface area contributed by atoms with Crippen molar-refractivity contribution in [1.29, 1.82) is 0 Å². The first-order chi connectivity index (χ1) is 14.2. The average molecular weight is 417 g/mol. The monoisotopic (exact) mass is 417 g/mol. The third-order valence-corrected chi connectivity index (χ3v) is 4.87. The summed E-state index contributed by atoms with van der Waals surface area (Å²) in [5, 5.41) is 2.71. The average Bonchev–Trinajstić information content (AvgIpc) is 3.01. The summed E-state index contributed by atoms with van der Waals surface area (Å²) in [5.41, 5.74) is 2.30. The van der Waals surface area contributed by atoms with Gasteiger partial charge in [0.1, 0.15) is 11.5 Å². The van der Waals surface area contributed by atoms with E-state index in [9.17, 15) is 18.8 Å². The van der Waals surface area contributed by atoms with E-state index in [-0.39, 0.29) is 30.4 Å². The SMILES string of the molecule is CCNC(=O)N(Cc1ccc(F)cc1)C(C)C(=O)c1c(C)[nH]c(C(=O)OCC)c1C. The summed E-state index contributed by atoms with van der Waals surface area (Å²) in [4.78, 5) is 42.5. The summed E-state index contributed by atoms with van der Waals surface area (Å²) >= 11 is 0.